The van der Waals surface area contributed by atoms with Crippen molar-refractivity contribution < 1.29 is 17.9 Å². The van der Waals surface area contributed by atoms with Crippen LogP contribution in [0, 0.1) is 5.92 Å². The Morgan fingerprint density at radius 3 is 2.77 bits per heavy atom. The quantitative estimate of drug-likeness (QED) is 0.635. The Labute approximate surface area is 77.2 Å². The highest BCUT2D eigenvalue weighted by Gasteiger charge is 2.40. The van der Waals surface area contributed by atoms with E-state index in [9.17, 15) is 8.42 Å². The van der Waals surface area contributed by atoms with Gasteiger partial charge < -0.3 is 9.47 Å². The third-order valence-electron chi connectivity index (χ3n) is 2.49. The van der Waals surface area contributed by atoms with Crippen LogP contribution in [0.5, 0.6) is 0 Å². The van der Waals surface area contributed by atoms with Gasteiger partial charge >= 0.3 is 0 Å². The molecule has 0 amide bonds. The molecule has 5 nitrogen and oxygen atoms in total. The summed E-state index contributed by atoms with van der Waals surface area (Å²) < 4.78 is 32.2. The number of nitrogens with two attached hydrogens (primary N) is 1. The lowest BCUT2D eigenvalue weighted by molar-refractivity contribution is 0.0300. The third-order valence-corrected chi connectivity index (χ3v) is 3.33. The van der Waals surface area contributed by atoms with Crippen molar-refractivity contribution >= 4 is 10.0 Å². The molecule has 2 aliphatic heterocycles. The molecule has 2 heterocycles. The lowest BCUT2D eigenvalue weighted by Crippen LogP contribution is -2.27. The van der Waals surface area contributed by atoms with Crippen LogP contribution in [0.15, 0.2) is 0 Å². The first-order valence-electron chi connectivity index (χ1n) is 4.28. The van der Waals surface area contributed by atoms with Crippen LogP contribution in [-0.4, -0.2) is 39.6 Å². The van der Waals surface area contributed by atoms with Crippen LogP contribution in [0.2, 0.25) is 0 Å². The highest BCUT2D eigenvalue weighted by atomic mass is 32.2. The normalized spacial score (nSPS) is 39.3. The molecule has 2 saturated heterocycles. The van der Waals surface area contributed by atoms with E-state index in [2.05, 4.69) is 0 Å². The third kappa shape index (κ3) is 2.19. The van der Waals surface area contributed by atoms with Gasteiger partial charge in [0, 0.05) is 5.92 Å². The van der Waals surface area contributed by atoms with Crippen molar-refractivity contribution in [2.75, 3.05) is 19.0 Å². The molecule has 0 aliphatic carbocycles. The molecule has 0 bridgehead atoms. The minimum atomic E-state index is -3.40. The molecule has 0 aromatic carbocycles. The number of hydrogen-bond acceptors (Lipinski definition) is 4. The Bertz CT molecular complexity index is 277. The molecule has 0 saturated carbocycles. The fourth-order valence-corrected chi connectivity index (χ4v) is 2.69. The summed E-state index contributed by atoms with van der Waals surface area (Å²) in [6, 6.07) is 0. The molecule has 0 aromatic heterocycles. The van der Waals surface area contributed by atoms with E-state index in [0.29, 0.717) is 19.1 Å². The highest BCUT2D eigenvalue weighted by molar-refractivity contribution is 7.89. The molecule has 2 fully saturated rings. The molecular formula is C7H13NO4S. The molecule has 6 heteroatoms. The van der Waals surface area contributed by atoms with Gasteiger partial charge in [0.1, 0.15) is 0 Å². The molecule has 2 rings (SSSR count). The fourth-order valence-electron chi connectivity index (χ4n) is 1.96. The first kappa shape index (κ1) is 9.39. The minimum Gasteiger partial charge on any atom is -0.378 e. The highest BCUT2D eigenvalue weighted by Crippen LogP contribution is 2.31. The average Bonchev–Trinajstić information content (AvgIpc) is 2.40. The van der Waals surface area contributed by atoms with Crippen molar-refractivity contribution in [3.8, 4) is 0 Å². The molecule has 2 N–H and O–H groups in total. The van der Waals surface area contributed by atoms with Crippen molar-refractivity contribution in [1.29, 1.82) is 0 Å². The van der Waals surface area contributed by atoms with Gasteiger partial charge in [-0.1, -0.05) is 0 Å². The number of ether oxygens (including phenoxy) is 2. The summed E-state index contributed by atoms with van der Waals surface area (Å²) in [5.41, 5.74) is 0. The van der Waals surface area contributed by atoms with Gasteiger partial charge in [-0.3, -0.25) is 0 Å². The number of fused-ring (bicyclic) bond motifs is 1. The Morgan fingerprint density at radius 1 is 1.38 bits per heavy atom. The summed E-state index contributed by atoms with van der Waals surface area (Å²) in [4.78, 5) is 0. The summed E-state index contributed by atoms with van der Waals surface area (Å²) >= 11 is 0. The summed E-state index contributed by atoms with van der Waals surface area (Å²) in [6.45, 7) is 1.28. The number of primary sulfonamides is 1. The van der Waals surface area contributed by atoms with Crippen molar-refractivity contribution in [2.45, 2.75) is 18.6 Å². The summed E-state index contributed by atoms with van der Waals surface area (Å²) in [5.74, 6) is 0.298. The smallest absolute Gasteiger partial charge is 0.211 e. The van der Waals surface area contributed by atoms with Gasteiger partial charge in [0.15, 0.2) is 0 Å². The second kappa shape index (κ2) is 3.20. The minimum absolute atomic E-state index is 0.0694. The largest absolute Gasteiger partial charge is 0.378 e. The lowest BCUT2D eigenvalue weighted by Gasteiger charge is -2.09. The predicted octanol–water partition coefficient (Wildman–Crippen LogP) is -0.921. The lowest BCUT2D eigenvalue weighted by atomic mass is 10.0. The molecular weight excluding hydrogens is 194 g/mol. The molecule has 0 spiro atoms. The van der Waals surface area contributed by atoms with Gasteiger partial charge in [0.05, 0.1) is 31.2 Å². The monoisotopic (exact) mass is 207 g/mol. The fraction of sp³-hybridized carbons (Fsp3) is 1.00. The zero-order valence-electron chi connectivity index (χ0n) is 7.18. The van der Waals surface area contributed by atoms with Gasteiger partial charge in [-0.15, -0.1) is 0 Å². The predicted molar refractivity (Wildman–Crippen MR) is 45.6 cm³/mol. The molecule has 0 radical (unpaired) electrons. The average molecular weight is 207 g/mol. The van der Waals surface area contributed by atoms with E-state index in [1.165, 1.54) is 0 Å². The van der Waals surface area contributed by atoms with E-state index in [4.69, 9.17) is 14.6 Å². The molecule has 13 heavy (non-hydrogen) atoms. The first-order chi connectivity index (χ1) is 6.04. The van der Waals surface area contributed by atoms with E-state index in [1.807, 2.05) is 0 Å². The summed E-state index contributed by atoms with van der Waals surface area (Å²) in [6.07, 6.45) is 0.613. The van der Waals surface area contributed by atoms with Gasteiger partial charge in [-0.25, -0.2) is 13.6 Å². The Balaban J connectivity index is 1.92. The number of rotatable bonds is 2. The van der Waals surface area contributed by atoms with Crippen molar-refractivity contribution in [3.05, 3.63) is 0 Å². The Kier molecular flexibility index (Phi) is 2.31. The standard InChI is InChI=1S/C7H13NO4S/c8-13(9,10)4-6-1-5-2-11-3-7(5)12-6/h5-7H,1-4H2,(H2,8,9,10). The van der Waals surface area contributed by atoms with E-state index in [0.717, 1.165) is 6.42 Å². The van der Waals surface area contributed by atoms with Crippen LogP contribution < -0.4 is 5.14 Å². The zero-order chi connectivity index (χ0) is 9.47. The van der Waals surface area contributed by atoms with E-state index in [1.54, 1.807) is 0 Å². The van der Waals surface area contributed by atoms with Gasteiger partial charge in [0.25, 0.3) is 0 Å². The topological polar surface area (TPSA) is 78.6 Å². The maximum absolute atomic E-state index is 10.8. The number of sulfonamides is 1. The van der Waals surface area contributed by atoms with Crippen LogP contribution in [0.25, 0.3) is 0 Å². The van der Waals surface area contributed by atoms with Crippen LogP contribution in [0.3, 0.4) is 0 Å². The SMILES string of the molecule is NS(=O)(=O)CC1CC2COCC2O1. The molecule has 0 aromatic rings. The maximum atomic E-state index is 10.8. The van der Waals surface area contributed by atoms with Crippen molar-refractivity contribution in [1.82, 2.24) is 0 Å². The first-order valence-corrected chi connectivity index (χ1v) is 6.00. The maximum Gasteiger partial charge on any atom is 0.211 e. The number of hydrogen-bond donors (Lipinski definition) is 1. The molecule has 3 unspecified atom stereocenters. The van der Waals surface area contributed by atoms with Crippen LogP contribution >= 0.6 is 0 Å². The Morgan fingerprint density at radius 2 is 2.15 bits per heavy atom. The molecule has 76 valence electrons. The molecule has 3 atom stereocenters. The van der Waals surface area contributed by atoms with Crippen molar-refractivity contribution in [3.63, 3.8) is 0 Å². The van der Waals surface area contributed by atoms with E-state index < -0.39 is 10.0 Å². The zero-order valence-corrected chi connectivity index (χ0v) is 8.00. The van der Waals surface area contributed by atoms with Gasteiger partial charge in [0.2, 0.25) is 10.0 Å². The second-order valence-electron chi connectivity index (χ2n) is 3.66. The van der Waals surface area contributed by atoms with E-state index >= 15 is 0 Å². The second-order valence-corrected chi connectivity index (χ2v) is 5.32. The van der Waals surface area contributed by atoms with Crippen LogP contribution in [0.1, 0.15) is 6.42 Å². The summed E-state index contributed by atoms with van der Waals surface area (Å²) in [7, 11) is -3.40. The van der Waals surface area contributed by atoms with Gasteiger partial charge in [-0.2, -0.15) is 0 Å². The van der Waals surface area contributed by atoms with Crippen LogP contribution in [0.4, 0.5) is 0 Å². The molecule has 2 aliphatic rings. The van der Waals surface area contributed by atoms with Gasteiger partial charge in [-0.05, 0) is 6.42 Å². The Hall–Kier alpha value is -0.170. The van der Waals surface area contributed by atoms with Crippen molar-refractivity contribution in [2.24, 2.45) is 11.1 Å². The van der Waals surface area contributed by atoms with Crippen LogP contribution in [-0.2, 0) is 19.5 Å². The van der Waals surface area contributed by atoms with E-state index in [-0.39, 0.29) is 18.0 Å². The summed E-state index contributed by atoms with van der Waals surface area (Å²) in [5, 5.41) is 4.93.